The Morgan fingerprint density at radius 2 is 1.50 bits per heavy atom. The number of nitrogens with zero attached hydrogens (tertiary/aromatic N) is 2. The zero-order valence-electron chi connectivity index (χ0n) is 21.7. The Balaban J connectivity index is 1.32. The number of amides is 2. The molecule has 4 nitrogen and oxygen atoms in total. The van der Waals surface area contributed by atoms with E-state index in [1.807, 2.05) is 43.0 Å². The first-order valence-corrected chi connectivity index (χ1v) is 14.8. The van der Waals surface area contributed by atoms with Gasteiger partial charge in [0.15, 0.2) is 0 Å². The van der Waals surface area contributed by atoms with E-state index in [1.54, 1.807) is 0 Å². The standard InChI is InChI=1S/C29H46N2O2S/c1-3-4-5-6-7-8-9-10-11-12-13-17-27(32)30-20-18-29(19-21-30)31(22-23-34-29)28(33)26-16-14-15-25(2)24-26/h14-16,24H,3-13,17-23H2,1-2H3. The van der Waals surface area contributed by atoms with Crippen molar-refractivity contribution in [1.82, 2.24) is 9.80 Å². The molecule has 2 heterocycles. The second-order valence-corrected chi connectivity index (χ2v) is 11.7. The first-order chi connectivity index (χ1) is 16.6. The molecule has 5 heteroatoms. The van der Waals surface area contributed by atoms with Crippen molar-refractivity contribution in [3.8, 4) is 0 Å². The zero-order valence-corrected chi connectivity index (χ0v) is 22.5. The third-order valence-corrected chi connectivity index (χ3v) is 9.13. The number of benzene rings is 1. The van der Waals surface area contributed by atoms with Gasteiger partial charge in [0.1, 0.15) is 0 Å². The molecule has 2 aliphatic heterocycles. The lowest BCUT2D eigenvalue weighted by Crippen LogP contribution is -2.53. The molecule has 3 rings (SSSR count). The molecule has 190 valence electrons. The Hall–Kier alpha value is -1.49. The van der Waals surface area contributed by atoms with Crippen LogP contribution in [0.3, 0.4) is 0 Å². The number of thioether (sulfide) groups is 1. The zero-order chi connectivity index (χ0) is 24.2. The largest absolute Gasteiger partial charge is 0.342 e. The molecular formula is C29H46N2O2S. The lowest BCUT2D eigenvalue weighted by Gasteiger charge is -2.44. The highest BCUT2D eigenvalue weighted by Crippen LogP contribution is 2.44. The van der Waals surface area contributed by atoms with Gasteiger partial charge >= 0.3 is 0 Å². The molecular weight excluding hydrogens is 440 g/mol. The van der Waals surface area contributed by atoms with Crippen LogP contribution in [-0.2, 0) is 4.79 Å². The fourth-order valence-electron chi connectivity index (χ4n) is 5.45. The monoisotopic (exact) mass is 486 g/mol. The molecule has 0 aliphatic carbocycles. The van der Waals surface area contributed by atoms with Crippen LogP contribution in [-0.4, -0.2) is 51.9 Å². The van der Waals surface area contributed by atoms with Crippen LogP contribution in [0.15, 0.2) is 24.3 Å². The van der Waals surface area contributed by atoms with E-state index < -0.39 is 0 Å². The minimum absolute atomic E-state index is 0.131. The van der Waals surface area contributed by atoms with E-state index in [9.17, 15) is 9.59 Å². The molecule has 2 aliphatic rings. The average Bonchev–Trinajstić information content (AvgIpc) is 3.25. The molecule has 2 fully saturated rings. The third kappa shape index (κ3) is 7.76. The summed E-state index contributed by atoms with van der Waals surface area (Å²) in [5.41, 5.74) is 1.91. The van der Waals surface area contributed by atoms with E-state index in [0.717, 1.165) is 55.8 Å². The summed E-state index contributed by atoms with van der Waals surface area (Å²) in [4.78, 5) is 30.0. The first-order valence-electron chi connectivity index (χ1n) is 13.9. The number of carbonyl (C=O) groups is 2. The molecule has 0 radical (unpaired) electrons. The topological polar surface area (TPSA) is 40.6 Å². The summed E-state index contributed by atoms with van der Waals surface area (Å²) in [6.07, 6.45) is 16.8. The van der Waals surface area contributed by atoms with Crippen LogP contribution in [0.25, 0.3) is 0 Å². The van der Waals surface area contributed by atoms with Crippen LogP contribution in [0.2, 0.25) is 0 Å². The van der Waals surface area contributed by atoms with Crippen molar-refractivity contribution in [2.24, 2.45) is 0 Å². The van der Waals surface area contributed by atoms with Crippen LogP contribution in [0.5, 0.6) is 0 Å². The number of aryl methyl sites for hydroxylation is 1. The summed E-state index contributed by atoms with van der Waals surface area (Å²) in [6.45, 7) is 6.67. The molecule has 2 saturated heterocycles. The van der Waals surface area contributed by atoms with Gasteiger partial charge in [-0.25, -0.2) is 0 Å². The first kappa shape index (κ1) is 27.1. The second-order valence-electron chi connectivity index (χ2n) is 10.3. The van der Waals surface area contributed by atoms with E-state index in [0.29, 0.717) is 12.3 Å². The maximum absolute atomic E-state index is 13.2. The third-order valence-electron chi connectivity index (χ3n) is 7.58. The Morgan fingerprint density at radius 3 is 2.12 bits per heavy atom. The number of hydrogen-bond acceptors (Lipinski definition) is 3. The van der Waals surface area contributed by atoms with Crippen molar-refractivity contribution in [3.63, 3.8) is 0 Å². The summed E-state index contributed by atoms with van der Waals surface area (Å²) < 4.78 is 0. The summed E-state index contributed by atoms with van der Waals surface area (Å²) in [5.74, 6) is 1.45. The van der Waals surface area contributed by atoms with E-state index in [2.05, 4.69) is 16.7 Å². The van der Waals surface area contributed by atoms with E-state index in [-0.39, 0.29) is 10.8 Å². The van der Waals surface area contributed by atoms with Crippen molar-refractivity contribution >= 4 is 23.6 Å². The molecule has 0 atom stereocenters. The summed E-state index contributed by atoms with van der Waals surface area (Å²) in [7, 11) is 0. The summed E-state index contributed by atoms with van der Waals surface area (Å²) in [5, 5.41) is 0. The maximum Gasteiger partial charge on any atom is 0.255 e. The molecule has 0 bridgehead atoms. The van der Waals surface area contributed by atoms with Gasteiger partial charge in [-0.15, -0.1) is 11.8 Å². The minimum atomic E-state index is -0.131. The molecule has 0 saturated carbocycles. The molecule has 34 heavy (non-hydrogen) atoms. The van der Waals surface area contributed by atoms with Gasteiger partial charge in [-0.1, -0.05) is 88.8 Å². The van der Waals surface area contributed by atoms with Crippen molar-refractivity contribution in [2.75, 3.05) is 25.4 Å². The predicted molar refractivity (Wildman–Crippen MR) is 144 cm³/mol. The molecule has 0 aromatic heterocycles. The quantitative estimate of drug-likeness (QED) is 0.277. The number of hydrogen-bond donors (Lipinski definition) is 0. The second kappa shape index (κ2) is 14.2. The van der Waals surface area contributed by atoms with Gasteiger partial charge in [0, 0.05) is 37.4 Å². The molecule has 1 aromatic rings. The van der Waals surface area contributed by atoms with Gasteiger partial charge in [0.2, 0.25) is 5.91 Å². The van der Waals surface area contributed by atoms with Gasteiger partial charge < -0.3 is 9.80 Å². The van der Waals surface area contributed by atoms with Gasteiger partial charge in [-0.05, 0) is 38.3 Å². The molecule has 0 unspecified atom stereocenters. The predicted octanol–water partition coefficient (Wildman–Crippen LogP) is 7.20. The van der Waals surface area contributed by atoms with Crippen molar-refractivity contribution in [1.29, 1.82) is 0 Å². The van der Waals surface area contributed by atoms with Crippen molar-refractivity contribution in [3.05, 3.63) is 35.4 Å². The Labute approximate surface area is 212 Å². The highest BCUT2D eigenvalue weighted by Gasteiger charge is 2.46. The Bertz CT molecular complexity index is 773. The normalized spacial score (nSPS) is 17.5. The van der Waals surface area contributed by atoms with Gasteiger partial charge in [0.25, 0.3) is 5.91 Å². The number of piperidine rings is 1. The van der Waals surface area contributed by atoms with Crippen molar-refractivity contribution in [2.45, 2.75) is 109 Å². The Kier molecular flexibility index (Phi) is 11.3. The number of rotatable bonds is 13. The van der Waals surface area contributed by atoms with E-state index in [1.165, 1.54) is 64.2 Å². The highest BCUT2D eigenvalue weighted by molar-refractivity contribution is 8.00. The number of carbonyl (C=O) groups excluding carboxylic acids is 2. The van der Waals surface area contributed by atoms with Gasteiger partial charge in [-0.3, -0.25) is 9.59 Å². The molecule has 1 aromatic carbocycles. The SMILES string of the molecule is CCCCCCCCCCCCCC(=O)N1CCC2(CC1)SCCN2C(=O)c1cccc(C)c1. The van der Waals surface area contributed by atoms with Gasteiger partial charge in [-0.2, -0.15) is 0 Å². The number of unbranched alkanes of at least 4 members (excludes halogenated alkanes) is 10. The van der Waals surface area contributed by atoms with Gasteiger partial charge in [0.05, 0.1) is 4.87 Å². The van der Waals surface area contributed by atoms with Crippen LogP contribution in [0, 0.1) is 6.92 Å². The summed E-state index contributed by atoms with van der Waals surface area (Å²) >= 11 is 1.92. The van der Waals surface area contributed by atoms with E-state index in [4.69, 9.17) is 0 Å². The van der Waals surface area contributed by atoms with Crippen LogP contribution < -0.4 is 0 Å². The average molecular weight is 487 g/mol. The van der Waals surface area contributed by atoms with Crippen molar-refractivity contribution < 1.29 is 9.59 Å². The molecule has 1 spiro atoms. The molecule has 0 N–H and O–H groups in total. The minimum Gasteiger partial charge on any atom is -0.342 e. The number of likely N-dealkylation sites (tertiary alicyclic amines) is 1. The lowest BCUT2D eigenvalue weighted by atomic mass is 10.00. The van der Waals surface area contributed by atoms with Crippen LogP contribution in [0.1, 0.15) is 113 Å². The van der Waals surface area contributed by atoms with E-state index >= 15 is 0 Å². The van der Waals surface area contributed by atoms with Crippen LogP contribution in [0.4, 0.5) is 0 Å². The molecule has 2 amide bonds. The summed E-state index contributed by atoms with van der Waals surface area (Å²) in [6, 6.07) is 7.92. The Morgan fingerprint density at radius 1 is 0.882 bits per heavy atom. The maximum atomic E-state index is 13.2. The fourth-order valence-corrected chi connectivity index (χ4v) is 6.90. The highest BCUT2D eigenvalue weighted by atomic mass is 32.2. The lowest BCUT2D eigenvalue weighted by molar-refractivity contribution is -0.132. The van der Waals surface area contributed by atoms with Crippen LogP contribution >= 0.6 is 11.8 Å². The fraction of sp³-hybridized carbons (Fsp3) is 0.724. The smallest absolute Gasteiger partial charge is 0.255 e.